The van der Waals surface area contributed by atoms with Crippen LogP contribution in [-0.2, 0) is 9.53 Å². The highest BCUT2D eigenvalue weighted by molar-refractivity contribution is 5.73. The average molecular weight is 278 g/mol. The van der Waals surface area contributed by atoms with Crippen molar-refractivity contribution < 1.29 is 29.8 Å². The average Bonchev–Trinajstić information content (AvgIpc) is 2.33. The molecule has 4 N–H and O–H groups in total. The van der Waals surface area contributed by atoms with Crippen LogP contribution in [0.15, 0.2) is 0 Å². The number of nitrogens with zero attached hydrogens (tertiary/aromatic N) is 1. The number of aliphatic hydroxyl groups excluding tert-OH is 3. The van der Waals surface area contributed by atoms with E-state index in [2.05, 4.69) is 5.32 Å². The van der Waals surface area contributed by atoms with Gasteiger partial charge >= 0.3 is 0 Å². The lowest BCUT2D eigenvalue weighted by molar-refractivity contribution is -0.483. The van der Waals surface area contributed by atoms with Crippen molar-refractivity contribution in [1.29, 1.82) is 0 Å². The van der Waals surface area contributed by atoms with Crippen molar-refractivity contribution in [3.63, 3.8) is 0 Å². The quantitative estimate of drug-likeness (QED) is 0.325. The molecule has 9 heteroatoms. The van der Waals surface area contributed by atoms with Crippen LogP contribution in [0.3, 0.4) is 0 Å². The van der Waals surface area contributed by atoms with Gasteiger partial charge in [0.1, 0.15) is 18.3 Å². The van der Waals surface area contributed by atoms with Gasteiger partial charge in [-0.1, -0.05) is 0 Å². The molecule has 1 saturated heterocycles. The fourth-order valence-electron chi connectivity index (χ4n) is 2.09. The largest absolute Gasteiger partial charge is 0.394 e. The molecule has 1 aliphatic heterocycles. The van der Waals surface area contributed by atoms with Gasteiger partial charge in [-0.25, -0.2) is 0 Å². The van der Waals surface area contributed by atoms with Crippen molar-refractivity contribution in [1.82, 2.24) is 5.32 Å². The van der Waals surface area contributed by atoms with Crippen LogP contribution in [-0.4, -0.2) is 69.8 Å². The summed E-state index contributed by atoms with van der Waals surface area (Å²) >= 11 is 0. The van der Waals surface area contributed by atoms with Gasteiger partial charge in [0.25, 0.3) is 0 Å². The molecule has 0 aromatic carbocycles. The molecule has 1 aliphatic rings. The molecular weight excluding hydrogens is 260 g/mol. The van der Waals surface area contributed by atoms with Crippen molar-refractivity contribution in [2.45, 2.75) is 43.8 Å². The van der Waals surface area contributed by atoms with Gasteiger partial charge in [-0.3, -0.25) is 14.9 Å². The highest BCUT2D eigenvalue weighted by Gasteiger charge is 2.44. The van der Waals surface area contributed by atoms with E-state index in [1.165, 1.54) is 6.92 Å². The van der Waals surface area contributed by atoms with E-state index in [4.69, 9.17) is 9.84 Å². The van der Waals surface area contributed by atoms with E-state index < -0.39 is 54.4 Å². The molecule has 0 saturated carbocycles. The van der Waals surface area contributed by atoms with Gasteiger partial charge in [-0.05, 0) is 0 Å². The van der Waals surface area contributed by atoms with E-state index in [9.17, 15) is 25.1 Å². The second kappa shape index (κ2) is 6.75. The summed E-state index contributed by atoms with van der Waals surface area (Å²) in [5, 5.41) is 41.4. The Morgan fingerprint density at radius 1 is 1.37 bits per heavy atom. The summed E-state index contributed by atoms with van der Waals surface area (Å²) in [7, 11) is 0. The number of ether oxygens (including phenoxy) is 1. The van der Waals surface area contributed by atoms with E-state index in [0.29, 0.717) is 0 Å². The first kappa shape index (κ1) is 15.8. The summed E-state index contributed by atoms with van der Waals surface area (Å²) in [6.45, 7) is 0.295. The molecule has 1 fully saturated rings. The second-order valence-corrected chi connectivity index (χ2v) is 4.45. The number of nitrogens with one attached hydrogen (secondary N) is 1. The number of hydrogen-bond donors (Lipinski definition) is 4. The first-order valence-corrected chi connectivity index (χ1v) is 5.88. The summed E-state index contributed by atoms with van der Waals surface area (Å²) in [5.41, 5.74) is 0. The Kier molecular flexibility index (Phi) is 5.60. The summed E-state index contributed by atoms with van der Waals surface area (Å²) < 4.78 is 5.30. The second-order valence-electron chi connectivity index (χ2n) is 4.45. The van der Waals surface area contributed by atoms with Crippen LogP contribution in [0.5, 0.6) is 0 Å². The number of carbonyl (C=O) groups excluding carboxylic acids is 1. The highest BCUT2D eigenvalue weighted by Crippen LogP contribution is 2.23. The van der Waals surface area contributed by atoms with Gasteiger partial charge in [-0.15, -0.1) is 0 Å². The molecule has 0 bridgehead atoms. The molecular formula is C10H18N2O7. The van der Waals surface area contributed by atoms with Crippen molar-refractivity contribution >= 4 is 5.91 Å². The van der Waals surface area contributed by atoms with Crippen LogP contribution in [0, 0.1) is 10.1 Å². The van der Waals surface area contributed by atoms with E-state index in [0.717, 1.165) is 0 Å². The zero-order valence-electron chi connectivity index (χ0n) is 10.4. The molecule has 1 heterocycles. The number of aliphatic hydroxyl groups is 3. The lowest BCUT2D eigenvalue weighted by atomic mass is 9.91. The lowest BCUT2D eigenvalue weighted by Gasteiger charge is -2.42. The standard InChI is InChI=1S/C10H18N2O7/c1-5(14)11-8-6(2-3-12(17)18)19-7(4-13)9(15)10(8)16/h6-10,13,15-16H,2-4H2,1H3,(H,11,14)/t6-,7+,8-,9+,10+/m0/s1. The van der Waals surface area contributed by atoms with Crippen molar-refractivity contribution in [2.75, 3.05) is 13.2 Å². The van der Waals surface area contributed by atoms with E-state index in [-0.39, 0.29) is 6.42 Å². The molecule has 19 heavy (non-hydrogen) atoms. The molecule has 5 atom stereocenters. The lowest BCUT2D eigenvalue weighted by Crippen LogP contribution is -2.64. The Bertz CT molecular complexity index is 338. The first-order valence-electron chi connectivity index (χ1n) is 5.88. The third-order valence-corrected chi connectivity index (χ3v) is 2.99. The van der Waals surface area contributed by atoms with Gasteiger partial charge in [0.05, 0.1) is 18.8 Å². The van der Waals surface area contributed by atoms with Crippen molar-refractivity contribution in [2.24, 2.45) is 0 Å². The molecule has 1 amide bonds. The van der Waals surface area contributed by atoms with Gasteiger partial charge in [0.15, 0.2) is 0 Å². The third-order valence-electron chi connectivity index (χ3n) is 2.99. The van der Waals surface area contributed by atoms with Crippen molar-refractivity contribution in [3.05, 3.63) is 10.1 Å². The Labute approximate surface area is 109 Å². The van der Waals surface area contributed by atoms with Gasteiger partial charge in [0.2, 0.25) is 12.5 Å². The van der Waals surface area contributed by atoms with E-state index >= 15 is 0 Å². The minimum atomic E-state index is -1.37. The molecule has 0 spiro atoms. The van der Waals surface area contributed by atoms with Crippen molar-refractivity contribution in [3.8, 4) is 0 Å². The monoisotopic (exact) mass is 278 g/mol. The zero-order valence-corrected chi connectivity index (χ0v) is 10.4. The molecule has 0 unspecified atom stereocenters. The summed E-state index contributed by atoms with van der Waals surface area (Å²) in [5.74, 6) is -0.451. The predicted octanol–water partition coefficient (Wildman–Crippen LogP) is -2.36. The Hall–Kier alpha value is -1.29. The minimum absolute atomic E-state index is 0.0434. The Morgan fingerprint density at radius 2 is 2.00 bits per heavy atom. The summed E-state index contributed by atoms with van der Waals surface area (Å²) in [6.07, 6.45) is -4.64. The number of nitro groups is 1. The smallest absolute Gasteiger partial charge is 0.217 e. The van der Waals surface area contributed by atoms with Gasteiger partial charge < -0.3 is 25.4 Å². The van der Waals surface area contributed by atoms with Crippen LogP contribution in [0.25, 0.3) is 0 Å². The SMILES string of the molecule is CC(=O)N[C@@H]1[C@@H](O)[C@H](O)[C@@H](CO)O[C@H]1CC[N+](=O)[O-]. The maximum Gasteiger partial charge on any atom is 0.217 e. The number of amides is 1. The molecule has 0 aliphatic carbocycles. The van der Waals surface area contributed by atoms with Crippen LogP contribution >= 0.6 is 0 Å². The Balaban J connectivity index is 2.79. The molecule has 0 aromatic rings. The van der Waals surface area contributed by atoms with E-state index in [1.54, 1.807) is 0 Å². The maximum absolute atomic E-state index is 11.1. The maximum atomic E-state index is 11.1. The minimum Gasteiger partial charge on any atom is -0.394 e. The molecule has 0 aromatic heterocycles. The van der Waals surface area contributed by atoms with Crippen LogP contribution in [0.4, 0.5) is 0 Å². The van der Waals surface area contributed by atoms with Gasteiger partial charge in [0, 0.05) is 18.3 Å². The molecule has 0 radical (unpaired) electrons. The number of rotatable bonds is 5. The first-order chi connectivity index (χ1) is 8.86. The normalized spacial score (nSPS) is 34.8. The fraction of sp³-hybridized carbons (Fsp3) is 0.900. The molecule has 110 valence electrons. The van der Waals surface area contributed by atoms with Crippen LogP contribution < -0.4 is 5.32 Å². The third kappa shape index (κ3) is 4.10. The molecule has 9 nitrogen and oxygen atoms in total. The van der Waals surface area contributed by atoms with E-state index in [1.807, 2.05) is 0 Å². The van der Waals surface area contributed by atoms with Crippen LogP contribution in [0.2, 0.25) is 0 Å². The number of hydrogen-bond acceptors (Lipinski definition) is 7. The van der Waals surface area contributed by atoms with Gasteiger partial charge in [-0.2, -0.15) is 0 Å². The predicted molar refractivity (Wildman–Crippen MR) is 61.8 cm³/mol. The highest BCUT2D eigenvalue weighted by atomic mass is 16.6. The topological polar surface area (TPSA) is 142 Å². The summed E-state index contributed by atoms with van der Waals surface area (Å²) in [4.78, 5) is 20.9. The Morgan fingerprint density at radius 3 is 2.47 bits per heavy atom. The zero-order chi connectivity index (χ0) is 14.6. The molecule has 1 rings (SSSR count). The van der Waals surface area contributed by atoms with Crippen LogP contribution in [0.1, 0.15) is 13.3 Å². The summed E-state index contributed by atoms with van der Waals surface area (Å²) in [6, 6.07) is -0.949. The fourth-order valence-corrected chi connectivity index (χ4v) is 2.09. The number of carbonyl (C=O) groups is 1.